The summed E-state index contributed by atoms with van der Waals surface area (Å²) in [7, 11) is 3.93. The molecule has 0 radical (unpaired) electrons. The highest BCUT2D eigenvalue weighted by Gasteiger charge is 2.26. The largest absolute Gasteiger partial charge is 0.444 e. The summed E-state index contributed by atoms with van der Waals surface area (Å²) in [4.78, 5) is 25.9. The maximum absolute atomic E-state index is 13.3. The van der Waals surface area contributed by atoms with Gasteiger partial charge in [0.2, 0.25) is 5.91 Å². The van der Waals surface area contributed by atoms with Crippen molar-refractivity contribution in [3.05, 3.63) is 66.5 Å². The van der Waals surface area contributed by atoms with E-state index in [1.807, 2.05) is 84.2 Å². The first kappa shape index (κ1) is 22.5. The molecule has 0 saturated heterocycles. The standard InChI is InChI=1S/C26H30N4O3/c1-26(2,3)33-25(32)28-21(14-18-16-30(5)22-9-7-6-8-20(18)22)24(31)27-19-11-10-17-12-13-29(4)23(17)15-19/h6-13,15-16,21H,14H2,1-5H3,(H,27,31)(H,28,32). The second-order valence-corrected chi connectivity index (χ2v) is 9.37. The van der Waals surface area contributed by atoms with Gasteiger partial charge in [-0.2, -0.15) is 0 Å². The molecular weight excluding hydrogens is 416 g/mol. The summed E-state index contributed by atoms with van der Waals surface area (Å²) in [6.07, 6.45) is 3.68. The number of benzene rings is 2. The molecule has 0 bridgehead atoms. The molecule has 2 amide bonds. The maximum Gasteiger partial charge on any atom is 0.408 e. The van der Waals surface area contributed by atoms with Crippen molar-refractivity contribution in [3.63, 3.8) is 0 Å². The fourth-order valence-electron chi connectivity index (χ4n) is 4.04. The van der Waals surface area contributed by atoms with E-state index in [2.05, 4.69) is 10.6 Å². The van der Waals surface area contributed by atoms with Gasteiger partial charge in [0.15, 0.2) is 0 Å². The number of alkyl carbamates (subject to hydrolysis) is 1. The normalized spacial score (nSPS) is 12.6. The van der Waals surface area contributed by atoms with Crippen LogP contribution in [0, 0.1) is 0 Å². The van der Waals surface area contributed by atoms with Crippen molar-refractivity contribution in [3.8, 4) is 0 Å². The number of carbonyl (C=O) groups is 2. The number of para-hydroxylation sites is 1. The Morgan fingerprint density at radius 1 is 1.00 bits per heavy atom. The number of anilines is 1. The van der Waals surface area contributed by atoms with Crippen LogP contribution >= 0.6 is 0 Å². The van der Waals surface area contributed by atoms with Crippen LogP contribution in [-0.4, -0.2) is 32.8 Å². The highest BCUT2D eigenvalue weighted by Crippen LogP contribution is 2.23. The first-order chi connectivity index (χ1) is 15.6. The summed E-state index contributed by atoms with van der Waals surface area (Å²) in [5.74, 6) is -0.303. The van der Waals surface area contributed by atoms with Gasteiger partial charge in [-0.05, 0) is 56.0 Å². The predicted molar refractivity (Wildman–Crippen MR) is 131 cm³/mol. The molecule has 2 aromatic heterocycles. The molecule has 0 fully saturated rings. The van der Waals surface area contributed by atoms with Gasteiger partial charge in [-0.3, -0.25) is 4.79 Å². The van der Waals surface area contributed by atoms with E-state index in [0.717, 1.165) is 27.4 Å². The first-order valence-corrected chi connectivity index (χ1v) is 11.0. The first-order valence-electron chi connectivity index (χ1n) is 11.0. The minimum atomic E-state index is -0.810. The number of aromatic nitrogens is 2. The molecule has 2 N–H and O–H groups in total. The van der Waals surface area contributed by atoms with Crippen LogP contribution in [0.1, 0.15) is 26.3 Å². The van der Waals surface area contributed by atoms with Crippen LogP contribution in [-0.2, 0) is 30.0 Å². The summed E-state index contributed by atoms with van der Waals surface area (Å²) < 4.78 is 9.45. The van der Waals surface area contributed by atoms with Crippen molar-refractivity contribution < 1.29 is 14.3 Å². The van der Waals surface area contributed by atoms with Crippen molar-refractivity contribution in [1.82, 2.24) is 14.5 Å². The molecule has 1 unspecified atom stereocenters. The molecular formula is C26H30N4O3. The van der Waals surface area contributed by atoms with Crippen LogP contribution in [0.25, 0.3) is 21.8 Å². The lowest BCUT2D eigenvalue weighted by Crippen LogP contribution is -2.47. The van der Waals surface area contributed by atoms with E-state index in [9.17, 15) is 9.59 Å². The topological polar surface area (TPSA) is 77.3 Å². The van der Waals surface area contributed by atoms with Gasteiger partial charge in [0, 0.05) is 55.0 Å². The second kappa shape index (κ2) is 8.65. The van der Waals surface area contributed by atoms with E-state index < -0.39 is 17.7 Å². The van der Waals surface area contributed by atoms with Gasteiger partial charge in [-0.15, -0.1) is 0 Å². The van der Waals surface area contributed by atoms with Gasteiger partial charge in [-0.25, -0.2) is 4.79 Å². The lowest BCUT2D eigenvalue weighted by atomic mass is 10.0. The van der Waals surface area contributed by atoms with E-state index in [1.165, 1.54) is 0 Å². The third-order valence-electron chi connectivity index (χ3n) is 5.57. The number of aryl methyl sites for hydroxylation is 2. The van der Waals surface area contributed by atoms with Crippen LogP contribution < -0.4 is 10.6 Å². The van der Waals surface area contributed by atoms with Gasteiger partial charge in [-0.1, -0.05) is 24.3 Å². The molecule has 0 aliphatic heterocycles. The van der Waals surface area contributed by atoms with Crippen molar-refractivity contribution in [2.24, 2.45) is 14.1 Å². The van der Waals surface area contributed by atoms with Crippen molar-refractivity contribution >= 4 is 39.5 Å². The molecule has 4 rings (SSSR count). The number of hydrogen-bond donors (Lipinski definition) is 2. The Labute approximate surface area is 193 Å². The number of ether oxygens (including phenoxy) is 1. The van der Waals surface area contributed by atoms with Gasteiger partial charge in [0.25, 0.3) is 0 Å². The smallest absolute Gasteiger partial charge is 0.408 e. The molecule has 33 heavy (non-hydrogen) atoms. The molecule has 4 aromatic rings. The summed E-state index contributed by atoms with van der Waals surface area (Å²) in [6, 6.07) is 15.0. The lowest BCUT2D eigenvalue weighted by molar-refractivity contribution is -0.118. The van der Waals surface area contributed by atoms with Crippen LogP contribution in [0.4, 0.5) is 10.5 Å². The van der Waals surface area contributed by atoms with E-state index in [1.54, 1.807) is 20.8 Å². The van der Waals surface area contributed by atoms with Crippen LogP contribution in [0.3, 0.4) is 0 Å². The molecule has 0 saturated carbocycles. The minimum absolute atomic E-state index is 0.303. The molecule has 2 aromatic carbocycles. The van der Waals surface area contributed by atoms with E-state index in [0.29, 0.717) is 12.1 Å². The summed E-state index contributed by atoms with van der Waals surface area (Å²) >= 11 is 0. The van der Waals surface area contributed by atoms with Gasteiger partial charge in [0.05, 0.1) is 0 Å². The second-order valence-electron chi connectivity index (χ2n) is 9.37. The SMILES string of the molecule is Cn1ccc2ccc(NC(=O)C(Cc3cn(C)c4ccccc34)NC(=O)OC(C)(C)C)cc21. The minimum Gasteiger partial charge on any atom is -0.444 e. The number of nitrogens with zero attached hydrogens (tertiary/aromatic N) is 2. The third-order valence-corrected chi connectivity index (χ3v) is 5.57. The van der Waals surface area contributed by atoms with Crippen molar-refractivity contribution in [2.75, 3.05) is 5.32 Å². The average molecular weight is 447 g/mol. The molecule has 1 atom stereocenters. The monoisotopic (exact) mass is 446 g/mol. The van der Waals surface area contributed by atoms with Gasteiger partial charge in [0.1, 0.15) is 11.6 Å². The Morgan fingerprint density at radius 2 is 1.76 bits per heavy atom. The molecule has 7 heteroatoms. The van der Waals surface area contributed by atoms with Gasteiger partial charge < -0.3 is 24.5 Å². The zero-order valence-electron chi connectivity index (χ0n) is 19.7. The fourth-order valence-corrected chi connectivity index (χ4v) is 4.04. The quantitative estimate of drug-likeness (QED) is 0.465. The molecule has 7 nitrogen and oxygen atoms in total. The highest BCUT2D eigenvalue weighted by atomic mass is 16.6. The van der Waals surface area contributed by atoms with Crippen LogP contribution in [0.2, 0.25) is 0 Å². The Hall–Kier alpha value is -3.74. The zero-order valence-corrected chi connectivity index (χ0v) is 19.7. The number of hydrogen-bond acceptors (Lipinski definition) is 3. The summed E-state index contributed by atoms with van der Waals surface area (Å²) in [5.41, 5.74) is 3.06. The van der Waals surface area contributed by atoms with E-state index in [-0.39, 0.29) is 5.91 Å². The molecule has 0 aliphatic carbocycles. The van der Waals surface area contributed by atoms with Crippen molar-refractivity contribution in [2.45, 2.75) is 38.8 Å². The third kappa shape index (κ3) is 5.03. The van der Waals surface area contributed by atoms with E-state index in [4.69, 9.17) is 4.74 Å². The predicted octanol–water partition coefficient (Wildman–Crippen LogP) is 4.74. The maximum atomic E-state index is 13.3. The Kier molecular flexibility index (Phi) is 5.89. The Bertz CT molecular complexity index is 1330. The molecule has 2 heterocycles. The Morgan fingerprint density at radius 3 is 2.52 bits per heavy atom. The number of rotatable bonds is 5. The highest BCUT2D eigenvalue weighted by molar-refractivity contribution is 5.99. The summed E-state index contributed by atoms with van der Waals surface area (Å²) in [6.45, 7) is 5.38. The van der Waals surface area contributed by atoms with Gasteiger partial charge >= 0.3 is 6.09 Å². The number of nitrogens with one attached hydrogen (secondary N) is 2. The van der Waals surface area contributed by atoms with Crippen molar-refractivity contribution in [1.29, 1.82) is 0 Å². The molecule has 172 valence electrons. The average Bonchev–Trinajstić information content (AvgIpc) is 3.26. The number of carbonyl (C=O) groups excluding carboxylic acids is 2. The number of fused-ring (bicyclic) bond motifs is 2. The molecule has 0 aliphatic rings. The summed E-state index contributed by atoms with van der Waals surface area (Å²) in [5, 5.41) is 7.88. The number of amides is 2. The fraction of sp³-hybridized carbons (Fsp3) is 0.308. The lowest BCUT2D eigenvalue weighted by Gasteiger charge is -2.23. The van der Waals surface area contributed by atoms with Crippen LogP contribution in [0.5, 0.6) is 0 Å². The van der Waals surface area contributed by atoms with Crippen LogP contribution in [0.15, 0.2) is 60.9 Å². The Balaban J connectivity index is 1.61. The zero-order chi connectivity index (χ0) is 23.8. The molecule has 0 spiro atoms. The van der Waals surface area contributed by atoms with E-state index >= 15 is 0 Å².